The van der Waals surface area contributed by atoms with Crippen molar-refractivity contribution in [2.75, 3.05) is 39.8 Å². The number of ether oxygens (including phenoxy) is 1. The monoisotopic (exact) mass is 271 g/mol. The van der Waals surface area contributed by atoms with Crippen LogP contribution >= 0.6 is 0 Å². The van der Waals surface area contributed by atoms with Gasteiger partial charge in [0, 0.05) is 6.54 Å². The number of hydrogen-bond donors (Lipinski definition) is 2. The number of urea groups is 1. The summed E-state index contributed by atoms with van der Waals surface area (Å²) in [6.07, 6.45) is 3.39. The molecule has 0 radical (unpaired) electrons. The molecule has 19 heavy (non-hydrogen) atoms. The molecule has 0 saturated carbocycles. The maximum atomic E-state index is 11.4. The predicted molar refractivity (Wildman–Crippen MR) is 72.9 cm³/mol. The summed E-state index contributed by atoms with van der Waals surface area (Å²) in [7, 11) is 2.14. The van der Waals surface area contributed by atoms with Gasteiger partial charge >= 0.3 is 12.0 Å². The average Bonchev–Trinajstić information content (AvgIpc) is 2.39. The summed E-state index contributed by atoms with van der Waals surface area (Å²) >= 11 is 0. The molecule has 1 fully saturated rings. The maximum Gasteiger partial charge on any atom is 0.325 e. The van der Waals surface area contributed by atoms with Crippen molar-refractivity contribution in [1.29, 1.82) is 0 Å². The first kappa shape index (κ1) is 15.8. The van der Waals surface area contributed by atoms with E-state index in [4.69, 9.17) is 4.74 Å². The molecule has 0 unspecified atom stereocenters. The molecule has 2 N–H and O–H groups in total. The zero-order valence-electron chi connectivity index (χ0n) is 11.9. The van der Waals surface area contributed by atoms with Crippen LogP contribution in [0.15, 0.2) is 0 Å². The zero-order chi connectivity index (χ0) is 14.1. The summed E-state index contributed by atoms with van der Waals surface area (Å²) in [6.45, 7) is 4.92. The number of esters is 1. The quantitative estimate of drug-likeness (QED) is 0.693. The van der Waals surface area contributed by atoms with Crippen molar-refractivity contribution >= 4 is 12.0 Å². The summed E-state index contributed by atoms with van der Waals surface area (Å²) in [5.74, 6) is 0.287. The normalized spacial score (nSPS) is 16.9. The van der Waals surface area contributed by atoms with Crippen LogP contribution in [-0.2, 0) is 9.53 Å². The number of piperidine rings is 1. The molecule has 1 rings (SSSR count). The Morgan fingerprint density at radius 2 is 1.95 bits per heavy atom. The molecule has 0 aromatic heterocycles. The second-order valence-corrected chi connectivity index (χ2v) is 4.95. The summed E-state index contributed by atoms with van der Waals surface area (Å²) in [4.78, 5) is 24.8. The molecule has 0 spiro atoms. The minimum absolute atomic E-state index is 0.0755. The highest BCUT2D eigenvalue weighted by atomic mass is 16.5. The van der Waals surface area contributed by atoms with Gasteiger partial charge in [0.2, 0.25) is 0 Å². The molecule has 1 saturated heterocycles. The van der Waals surface area contributed by atoms with Crippen molar-refractivity contribution in [3.8, 4) is 0 Å². The third kappa shape index (κ3) is 7.00. The van der Waals surface area contributed by atoms with Crippen LogP contribution in [-0.4, -0.2) is 56.7 Å². The Balaban J connectivity index is 2.02. The Hall–Kier alpha value is -1.30. The van der Waals surface area contributed by atoms with Crippen molar-refractivity contribution in [2.24, 2.45) is 5.92 Å². The maximum absolute atomic E-state index is 11.4. The smallest absolute Gasteiger partial charge is 0.325 e. The third-order valence-electron chi connectivity index (χ3n) is 3.37. The summed E-state index contributed by atoms with van der Waals surface area (Å²) in [6, 6.07) is -0.305. The Morgan fingerprint density at radius 1 is 1.26 bits per heavy atom. The van der Waals surface area contributed by atoms with E-state index in [1.165, 1.54) is 12.8 Å². The third-order valence-corrected chi connectivity index (χ3v) is 3.37. The van der Waals surface area contributed by atoms with Crippen molar-refractivity contribution in [3.63, 3.8) is 0 Å². The number of rotatable bonds is 6. The first-order valence-corrected chi connectivity index (χ1v) is 6.97. The molecule has 0 aliphatic carbocycles. The molecule has 0 atom stereocenters. The Bertz CT molecular complexity index is 289. The molecule has 6 heteroatoms. The molecule has 1 heterocycles. The number of hydrogen-bond acceptors (Lipinski definition) is 4. The van der Waals surface area contributed by atoms with Crippen LogP contribution in [0.5, 0.6) is 0 Å². The lowest BCUT2D eigenvalue weighted by atomic mass is 9.94. The predicted octanol–water partition coefficient (Wildman–Crippen LogP) is 0.581. The van der Waals surface area contributed by atoms with Crippen molar-refractivity contribution in [3.05, 3.63) is 0 Å². The van der Waals surface area contributed by atoms with E-state index in [2.05, 4.69) is 22.6 Å². The first-order valence-electron chi connectivity index (χ1n) is 6.97. The molecular weight excluding hydrogens is 246 g/mol. The second-order valence-electron chi connectivity index (χ2n) is 4.95. The molecule has 0 aromatic rings. The summed E-state index contributed by atoms with van der Waals surface area (Å²) < 4.78 is 4.72. The van der Waals surface area contributed by atoms with Crippen LogP contribution < -0.4 is 10.6 Å². The molecule has 2 amide bonds. The minimum Gasteiger partial charge on any atom is -0.465 e. The summed E-state index contributed by atoms with van der Waals surface area (Å²) in [5, 5.41) is 5.25. The Morgan fingerprint density at radius 3 is 2.58 bits per heavy atom. The van der Waals surface area contributed by atoms with Gasteiger partial charge in [-0.05, 0) is 52.2 Å². The number of carbonyl (C=O) groups excluding carboxylic acids is 2. The van der Waals surface area contributed by atoms with Gasteiger partial charge in [-0.15, -0.1) is 0 Å². The van der Waals surface area contributed by atoms with Crippen molar-refractivity contribution < 1.29 is 14.3 Å². The van der Waals surface area contributed by atoms with Crippen LogP contribution in [0.1, 0.15) is 26.2 Å². The van der Waals surface area contributed by atoms with Gasteiger partial charge in [0.1, 0.15) is 6.54 Å². The molecule has 1 aliphatic rings. The van der Waals surface area contributed by atoms with E-state index in [0.29, 0.717) is 19.1 Å². The van der Waals surface area contributed by atoms with Gasteiger partial charge in [0.15, 0.2) is 0 Å². The Labute approximate surface area is 114 Å². The van der Waals surface area contributed by atoms with Gasteiger partial charge in [0.05, 0.1) is 6.61 Å². The van der Waals surface area contributed by atoms with E-state index < -0.39 is 5.97 Å². The number of carbonyl (C=O) groups is 2. The van der Waals surface area contributed by atoms with Crippen molar-refractivity contribution in [2.45, 2.75) is 26.2 Å². The lowest BCUT2D eigenvalue weighted by Gasteiger charge is -2.28. The fourth-order valence-electron chi connectivity index (χ4n) is 2.17. The lowest BCUT2D eigenvalue weighted by Crippen LogP contribution is -2.40. The minimum atomic E-state index is -0.409. The summed E-state index contributed by atoms with van der Waals surface area (Å²) in [5.41, 5.74) is 0. The van der Waals surface area contributed by atoms with Gasteiger partial charge in [-0.2, -0.15) is 0 Å². The molecule has 0 aromatic carbocycles. The van der Waals surface area contributed by atoms with E-state index in [1.54, 1.807) is 6.92 Å². The number of amides is 2. The van der Waals surface area contributed by atoms with Crippen LogP contribution in [0.4, 0.5) is 4.79 Å². The second kappa shape index (κ2) is 8.74. The molecule has 0 bridgehead atoms. The zero-order valence-corrected chi connectivity index (χ0v) is 11.9. The molecule has 1 aliphatic heterocycles. The average molecular weight is 271 g/mol. The SMILES string of the molecule is CCOC(=O)CNC(=O)NCCC1CCN(C)CC1. The van der Waals surface area contributed by atoms with E-state index in [9.17, 15) is 9.59 Å². The highest BCUT2D eigenvalue weighted by Crippen LogP contribution is 2.18. The van der Waals surface area contributed by atoms with E-state index in [-0.39, 0.29) is 12.6 Å². The van der Waals surface area contributed by atoms with Gasteiger partial charge in [-0.25, -0.2) is 4.79 Å². The van der Waals surface area contributed by atoms with Crippen molar-refractivity contribution in [1.82, 2.24) is 15.5 Å². The van der Waals surface area contributed by atoms with Crippen LogP contribution in [0.2, 0.25) is 0 Å². The molecule has 110 valence electrons. The van der Waals surface area contributed by atoms with Crippen LogP contribution in [0, 0.1) is 5.92 Å². The molecule has 6 nitrogen and oxygen atoms in total. The molecular formula is C13H25N3O3. The van der Waals surface area contributed by atoms with Gasteiger partial charge in [0.25, 0.3) is 0 Å². The van der Waals surface area contributed by atoms with E-state index >= 15 is 0 Å². The largest absolute Gasteiger partial charge is 0.465 e. The van der Waals surface area contributed by atoms with E-state index in [0.717, 1.165) is 19.5 Å². The highest BCUT2D eigenvalue weighted by molar-refractivity contribution is 5.80. The topological polar surface area (TPSA) is 70.7 Å². The lowest BCUT2D eigenvalue weighted by molar-refractivity contribution is -0.141. The van der Waals surface area contributed by atoms with Gasteiger partial charge < -0.3 is 20.3 Å². The van der Waals surface area contributed by atoms with E-state index in [1.807, 2.05) is 0 Å². The number of likely N-dealkylation sites (tertiary alicyclic amines) is 1. The number of nitrogens with zero attached hydrogens (tertiary/aromatic N) is 1. The highest BCUT2D eigenvalue weighted by Gasteiger charge is 2.16. The Kier molecular flexibility index (Phi) is 7.25. The van der Waals surface area contributed by atoms with Gasteiger partial charge in [-0.3, -0.25) is 4.79 Å². The van der Waals surface area contributed by atoms with Crippen LogP contribution in [0.3, 0.4) is 0 Å². The standard InChI is InChI=1S/C13H25N3O3/c1-3-19-12(17)10-15-13(18)14-7-4-11-5-8-16(2)9-6-11/h11H,3-10H2,1-2H3,(H2,14,15,18). The first-order chi connectivity index (χ1) is 9.11. The fourth-order valence-corrected chi connectivity index (χ4v) is 2.17. The van der Waals surface area contributed by atoms with Crippen LogP contribution in [0.25, 0.3) is 0 Å². The fraction of sp³-hybridized carbons (Fsp3) is 0.846. The van der Waals surface area contributed by atoms with Gasteiger partial charge in [-0.1, -0.05) is 0 Å². The number of nitrogens with one attached hydrogen (secondary N) is 2.